The quantitative estimate of drug-likeness (QED) is 0.649. The van der Waals surface area contributed by atoms with Gasteiger partial charge in [0.2, 0.25) is 0 Å². The first-order chi connectivity index (χ1) is 12.5. The average Bonchev–Trinajstić information content (AvgIpc) is 2.63. The van der Waals surface area contributed by atoms with Crippen molar-refractivity contribution in [3.8, 4) is 0 Å². The summed E-state index contributed by atoms with van der Waals surface area (Å²) in [5.41, 5.74) is 0.551. The monoisotopic (exact) mass is 403 g/mol. The molecule has 7 nitrogen and oxygen atoms in total. The van der Waals surface area contributed by atoms with Crippen LogP contribution in [-0.2, 0) is 18.3 Å². The summed E-state index contributed by atoms with van der Waals surface area (Å²) in [4.78, 5) is 13.6. The highest BCUT2D eigenvalue weighted by molar-refractivity contribution is 7.58. The zero-order chi connectivity index (χ0) is 19.0. The van der Waals surface area contributed by atoms with Gasteiger partial charge < -0.3 is 24.0 Å². The summed E-state index contributed by atoms with van der Waals surface area (Å²) in [6.45, 7) is 6.46. The Morgan fingerprint density at radius 3 is 2.35 bits per heavy atom. The third kappa shape index (κ3) is 5.91. The number of rotatable bonds is 8. The van der Waals surface area contributed by atoms with Gasteiger partial charge in [0.25, 0.3) is 5.91 Å². The molecular weight excluding hydrogens is 379 g/mol. The lowest BCUT2D eigenvalue weighted by Crippen LogP contribution is -3.10. The molecule has 0 saturated carbocycles. The Morgan fingerprint density at radius 2 is 1.81 bits per heavy atom. The van der Waals surface area contributed by atoms with Crippen LogP contribution in [0.5, 0.6) is 0 Å². The van der Waals surface area contributed by atoms with Crippen LogP contribution < -0.4 is 10.2 Å². The second-order valence-corrected chi connectivity index (χ2v) is 8.02. The van der Waals surface area contributed by atoms with Gasteiger partial charge in [0.05, 0.1) is 26.4 Å². The summed E-state index contributed by atoms with van der Waals surface area (Å²) in [6, 6.07) is 6.45. The van der Waals surface area contributed by atoms with Crippen LogP contribution in [0.15, 0.2) is 35.9 Å². The molecule has 1 saturated heterocycles. The number of hydrogen-bond acceptors (Lipinski definition) is 5. The fraction of sp³-hybridized carbons (Fsp3) is 0.471. The average molecular weight is 404 g/mol. The number of carbonyl (C=O) groups excluding carboxylic acids is 1. The molecule has 2 N–H and O–H groups in total. The molecule has 1 aliphatic heterocycles. The van der Waals surface area contributed by atoms with Crippen molar-refractivity contribution in [2.24, 2.45) is 0 Å². The van der Waals surface area contributed by atoms with Gasteiger partial charge in [0, 0.05) is 10.6 Å². The Balaban J connectivity index is 2.29. The second kappa shape index (κ2) is 10.2. The molecule has 2 rings (SSSR count). The summed E-state index contributed by atoms with van der Waals surface area (Å²) in [7, 11) is -3.64. The molecule has 0 aromatic heterocycles. The molecular formula is C17H25ClN2O5P+. The smallest absolute Gasteiger partial charge is 0.370 e. The van der Waals surface area contributed by atoms with Crippen LogP contribution in [0.2, 0.25) is 5.02 Å². The summed E-state index contributed by atoms with van der Waals surface area (Å²) in [5, 5.41) is 3.25. The van der Waals surface area contributed by atoms with Crippen molar-refractivity contribution in [1.29, 1.82) is 0 Å². The molecule has 1 amide bonds. The van der Waals surface area contributed by atoms with E-state index < -0.39 is 13.5 Å². The molecule has 1 fully saturated rings. The maximum absolute atomic E-state index is 13.2. The van der Waals surface area contributed by atoms with Gasteiger partial charge in [0.15, 0.2) is 5.44 Å². The zero-order valence-corrected chi connectivity index (χ0v) is 16.6. The molecule has 0 spiro atoms. The Kier molecular flexibility index (Phi) is 8.28. The molecule has 0 unspecified atom stereocenters. The number of ether oxygens (including phenoxy) is 1. The molecule has 0 aliphatic carbocycles. The minimum atomic E-state index is -3.64. The topological polar surface area (TPSA) is 78.3 Å². The number of nitrogens with one attached hydrogen (secondary N) is 2. The van der Waals surface area contributed by atoms with Gasteiger partial charge in [-0.1, -0.05) is 11.6 Å². The largest absolute Gasteiger partial charge is 0.382 e. The number of halogens is 1. The van der Waals surface area contributed by atoms with Crippen LogP contribution >= 0.6 is 19.2 Å². The lowest BCUT2D eigenvalue weighted by molar-refractivity contribution is -0.856. The van der Waals surface area contributed by atoms with Crippen LogP contribution in [-0.4, -0.2) is 45.4 Å². The van der Waals surface area contributed by atoms with Gasteiger partial charge in [0.1, 0.15) is 19.3 Å². The molecule has 9 heteroatoms. The maximum Gasteiger partial charge on any atom is 0.382 e. The van der Waals surface area contributed by atoms with E-state index in [1.165, 1.54) is 0 Å². The van der Waals surface area contributed by atoms with Gasteiger partial charge in [-0.05, 0) is 38.1 Å². The van der Waals surface area contributed by atoms with E-state index in [0.717, 1.165) is 4.90 Å². The van der Waals surface area contributed by atoms with Crippen molar-refractivity contribution >= 4 is 25.1 Å². The summed E-state index contributed by atoms with van der Waals surface area (Å²) < 4.78 is 29.4. The molecule has 1 heterocycles. The number of morpholine rings is 1. The second-order valence-electron chi connectivity index (χ2n) is 5.59. The normalized spacial score (nSPS) is 16.5. The molecule has 26 heavy (non-hydrogen) atoms. The first-order valence-corrected chi connectivity index (χ1v) is 10.5. The van der Waals surface area contributed by atoms with E-state index in [1.807, 2.05) is 0 Å². The van der Waals surface area contributed by atoms with Gasteiger partial charge >= 0.3 is 7.60 Å². The predicted molar refractivity (Wildman–Crippen MR) is 99.4 cm³/mol. The highest BCUT2D eigenvalue weighted by Crippen LogP contribution is 2.54. The van der Waals surface area contributed by atoms with Crippen LogP contribution in [0.3, 0.4) is 0 Å². The first-order valence-electron chi connectivity index (χ1n) is 8.59. The van der Waals surface area contributed by atoms with Gasteiger partial charge in [-0.3, -0.25) is 9.36 Å². The maximum atomic E-state index is 13.2. The molecule has 0 atom stereocenters. The molecule has 1 aromatic rings. The highest BCUT2D eigenvalue weighted by Gasteiger charge is 2.34. The molecule has 1 aliphatic rings. The van der Waals surface area contributed by atoms with Crippen molar-refractivity contribution in [1.82, 2.24) is 5.32 Å². The van der Waals surface area contributed by atoms with E-state index in [2.05, 4.69) is 5.32 Å². The highest BCUT2D eigenvalue weighted by atomic mass is 35.5. The summed E-state index contributed by atoms with van der Waals surface area (Å²) in [5.74, 6) is -0.403. The van der Waals surface area contributed by atoms with Crippen molar-refractivity contribution in [2.75, 3.05) is 39.5 Å². The number of quaternary nitrogens is 1. The molecule has 0 radical (unpaired) electrons. The zero-order valence-electron chi connectivity index (χ0n) is 15.0. The van der Waals surface area contributed by atoms with Gasteiger partial charge in [-0.15, -0.1) is 0 Å². The van der Waals surface area contributed by atoms with E-state index in [4.69, 9.17) is 25.4 Å². The Morgan fingerprint density at radius 1 is 1.23 bits per heavy atom. The Labute approximate surface area is 158 Å². The lowest BCUT2D eigenvalue weighted by Gasteiger charge is -2.24. The predicted octanol–water partition coefficient (Wildman–Crippen LogP) is 2.05. The Bertz CT molecular complexity index is 664. The molecule has 144 valence electrons. The SMILES string of the molecule is CCOP(=O)(OCC)/C(=C/[NH+]1CCOCC1)NC(=O)c1ccc(Cl)cc1. The van der Waals surface area contributed by atoms with E-state index >= 15 is 0 Å². The minimum Gasteiger partial charge on any atom is -0.370 e. The number of carbonyl (C=O) groups is 1. The number of hydrogen-bond donors (Lipinski definition) is 2. The van der Waals surface area contributed by atoms with E-state index in [1.54, 1.807) is 44.3 Å². The number of amides is 1. The Hall–Kier alpha value is -1.21. The van der Waals surface area contributed by atoms with Crippen LogP contribution in [0, 0.1) is 0 Å². The molecule has 1 aromatic carbocycles. The van der Waals surface area contributed by atoms with E-state index in [0.29, 0.717) is 36.9 Å². The van der Waals surface area contributed by atoms with Crippen molar-refractivity contribution in [3.63, 3.8) is 0 Å². The van der Waals surface area contributed by atoms with Gasteiger partial charge in [-0.25, -0.2) is 0 Å². The van der Waals surface area contributed by atoms with Crippen LogP contribution in [0.4, 0.5) is 0 Å². The van der Waals surface area contributed by atoms with Crippen molar-refractivity contribution < 1.29 is 28.0 Å². The van der Waals surface area contributed by atoms with Crippen LogP contribution in [0.25, 0.3) is 0 Å². The fourth-order valence-electron chi connectivity index (χ4n) is 2.46. The lowest BCUT2D eigenvalue weighted by atomic mass is 10.2. The fourth-order valence-corrected chi connectivity index (χ4v) is 4.20. The number of benzene rings is 1. The van der Waals surface area contributed by atoms with E-state index in [9.17, 15) is 9.36 Å². The third-order valence-corrected chi connectivity index (χ3v) is 6.00. The van der Waals surface area contributed by atoms with Gasteiger partial charge in [-0.2, -0.15) is 0 Å². The standard InChI is InChI=1S/C17H24ClN2O5P/c1-3-24-26(22,25-4-2)16(13-20-9-11-23-12-10-20)19-17(21)14-5-7-15(18)8-6-14/h5-8,13H,3-4,9-12H2,1-2H3,(H,19,21)/p+1/b16-13+. The van der Waals surface area contributed by atoms with Crippen molar-refractivity contribution in [3.05, 3.63) is 46.5 Å². The third-order valence-electron chi connectivity index (χ3n) is 3.72. The first kappa shape index (κ1) is 21.1. The van der Waals surface area contributed by atoms with E-state index in [-0.39, 0.29) is 18.7 Å². The summed E-state index contributed by atoms with van der Waals surface area (Å²) >= 11 is 5.86. The summed E-state index contributed by atoms with van der Waals surface area (Å²) in [6.07, 6.45) is 1.71. The molecule has 0 bridgehead atoms. The van der Waals surface area contributed by atoms with Crippen LogP contribution in [0.1, 0.15) is 24.2 Å². The van der Waals surface area contributed by atoms with Crippen molar-refractivity contribution in [2.45, 2.75) is 13.8 Å². The minimum absolute atomic E-state index is 0.151.